The number of morpholine rings is 1. The third-order valence-corrected chi connectivity index (χ3v) is 5.90. The molecule has 2 fully saturated rings. The van der Waals surface area contributed by atoms with E-state index in [2.05, 4.69) is 4.72 Å². The Balaban J connectivity index is 1.70. The van der Waals surface area contributed by atoms with Gasteiger partial charge in [-0.3, -0.25) is 9.59 Å². The van der Waals surface area contributed by atoms with Crippen molar-refractivity contribution in [1.82, 2.24) is 9.62 Å². The van der Waals surface area contributed by atoms with Gasteiger partial charge in [0, 0.05) is 25.2 Å². The number of hydrogen-bond donors (Lipinski definition) is 2. The third kappa shape index (κ3) is 4.80. The minimum atomic E-state index is -3.65. The summed E-state index contributed by atoms with van der Waals surface area (Å²) in [4.78, 5) is 25.1. The quantitative estimate of drug-likeness (QED) is 0.717. The predicted octanol–water partition coefficient (Wildman–Crippen LogP) is 0.691. The summed E-state index contributed by atoms with van der Waals surface area (Å²) >= 11 is 0. The average molecular weight is 382 g/mol. The van der Waals surface area contributed by atoms with Gasteiger partial charge >= 0.3 is 5.97 Å². The molecule has 1 saturated carbocycles. The third-order valence-electron chi connectivity index (χ3n) is 4.48. The molecule has 1 saturated heterocycles. The molecule has 0 spiro atoms. The zero-order valence-corrected chi connectivity index (χ0v) is 15.1. The van der Waals surface area contributed by atoms with E-state index < -0.39 is 22.1 Å². The molecule has 1 aromatic carbocycles. The molecule has 26 heavy (non-hydrogen) atoms. The molecule has 142 valence electrons. The fourth-order valence-electron chi connectivity index (χ4n) is 2.83. The SMILES string of the molecule is O=C(O)CC1CN(C(=O)c2cccc(S(=O)(=O)NCC3CC3)c2)CCO1. The number of ether oxygens (including phenoxy) is 1. The van der Waals surface area contributed by atoms with Gasteiger partial charge in [-0.15, -0.1) is 0 Å². The van der Waals surface area contributed by atoms with E-state index in [4.69, 9.17) is 9.84 Å². The lowest BCUT2D eigenvalue weighted by Gasteiger charge is -2.32. The summed E-state index contributed by atoms with van der Waals surface area (Å²) in [5, 5.41) is 8.87. The van der Waals surface area contributed by atoms with Crippen LogP contribution in [0.2, 0.25) is 0 Å². The van der Waals surface area contributed by atoms with Gasteiger partial charge in [-0.05, 0) is 37.0 Å². The molecular formula is C17H22N2O6S. The van der Waals surface area contributed by atoms with Crippen molar-refractivity contribution in [1.29, 1.82) is 0 Å². The van der Waals surface area contributed by atoms with E-state index in [1.165, 1.54) is 23.1 Å². The molecule has 2 N–H and O–H groups in total. The number of sulfonamides is 1. The van der Waals surface area contributed by atoms with Crippen molar-refractivity contribution >= 4 is 21.9 Å². The summed E-state index contributed by atoms with van der Waals surface area (Å²) in [6, 6.07) is 5.91. The zero-order valence-electron chi connectivity index (χ0n) is 14.3. The van der Waals surface area contributed by atoms with Crippen LogP contribution in [0.15, 0.2) is 29.2 Å². The maximum absolute atomic E-state index is 12.7. The molecule has 2 aliphatic rings. The van der Waals surface area contributed by atoms with Crippen LogP contribution in [0.1, 0.15) is 29.6 Å². The van der Waals surface area contributed by atoms with Gasteiger partial charge in [0.05, 0.1) is 24.0 Å². The maximum atomic E-state index is 12.7. The van der Waals surface area contributed by atoms with Crippen LogP contribution in [-0.2, 0) is 19.6 Å². The van der Waals surface area contributed by atoms with Gasteiger partial charge in [-0.1, -0.05) is 6.07 Å². The minimum absolute atomic E-state index is 0.0549. The monoisotopic (exact) mass is 382 g/mol. The summed E-state index contributed by atoms with van der Waals surface area (Å²) in [5.41, 5.74) is 0.260. The number of carboxylic acids is 1. The smallest absolute Gasteiger partial charge is 0.306 e. The Morgan fingerprint density at radius 2 is 2.08 bits per heavy atom. The molecule has 0 aromatic heterocycles. The fourth-order valence-corrected chi connectivity index (χ4v) is 4.00. The lowest BCUT2D eigenvalue weighted by atomic mass is 10.1. The van der Waals surface area contributed by atoms with Crippen molar-refractivity contribution in [2.24, 2.45) is 5.92 Å². The number of nitrogens with one attached hydrogen (secondary N) is 1. The van der Waals surface area contributed by atoms with E-state index in [0.29, 0.717) is 19.0 Å². The summed E-state index contributed by atoms with van der Waals surface area (Å²) < 4.78 is 32.7. The van der Waals surface area contributed by atoms with Gasteiger partial charge in [-0.2, -0.15) is 0 Å². The molecule has 1 heterocycles. The summed E-state index contributed by atoms with van der Waals surface area (Å²) in [7, 11) is -3.65. The molecule has 1 atom stereocenters. The molecule has 1 unspecified atom stereocenters. The highest BCUT2D eigenvalue weighted by Crippen LogP contribution is 2.28. The van der Waals surface area contributed by atoms with Gasteiger partial charge < -0.3 is 14.7 Å². The Kier molecular flexibility index (Phi) is 5.59. The van der Waals surface area contributed by atoms with Crippen LogP contribution in [0.25, 0.3) is 0 Å². The van der Waals surface area contributed by atoms with Crippen LogP contribution in [0.4, 0.5) is 0 Å². The average Bonchev–Trinajstić information content (AvgIpc) is 3.44. The van der Waals surface area contributed by atoms with Crippen LogP contribution in [-0.4, -0.2) is 62.6 Å². The number of carboxylic acid groups (broad SMARTS) is 1. The Morgan fingerprint density at radius 1 is 1.31 bits per heavy atom. The first kappa shape index (κ1) is 18.8. The van der Waals surface area contributed by atoms with Crippen molar-refractivity contribution < 1.29 is 27.9 Å². The molecular weight excluding hydrogens is 360 g/mol. The van der Waals surface area contributed by atoms with Gasteiger partial charge in [0.25, 0.3) is 5.91 Å². The Bertz CT molecular complexity index is 790. The minimum Gasteiger partial charge on any atom is -0.481 e. The van der Waals surface area contributed by atoms with Crippen LogP contribution in [0.3, 0.4) is 0 Å². The molecule has 1 aliphatic carbocycles. The number of carbonyl (C=O) groups is 2. The molecule has 0 bridgehead atoms. The molecule has 9 heteroatoms. The van der Waals surface area contributed by atoms with Crippen LogP contribution in [0, 0.1) is 5.92 Å². The van der Waals surface area contributed by atoms with E-state index >= 15 is 0 Å². The number of amides is 1. The lowest BCUT2D eigenvalue weighted by Crippen LogP contribution is -2.46. The molecule has 1 aliphatic heterocycles. The van der Waals surface area contributed by atoms with Crippen molar-refractivity contribution in [2.75, 3.05) is 26.2 Å². The van der Waals surface area contributed by atoms with E-state index in [-0.39, 0.29) is 35.9 Å². The first-order valence-electron chi connectivity index (χ1n) is 8.57. The molecule has 1 amide bonds. The standard InChI is InChI=1S/C17H22N2O6S/c20-16(21)9-14-11-19(6-7-25-14)17(22)13-2-1-3-15(8-13)26(23,24)18-10-12-4-5-12/h1-3,8,12,14,18H,4-7,9-11H2,(H,20,21). The van der Waals surface area contributed by atoms with E-state index in [9.17, 15) is 18.0 Å². The fraction of sp³-hybridized carbons (Fsp3) is 0.529. The van der Waals surface area contributed by atoms with Gasteiger partial charge in [0.15, 0.2) is 0 Å². The highest BCUT2D eigenvalue weighted by molar-refractivity contribution is 7.89. The zero-order chi connectivity index (χ0) is 18.7. The van der Waals surface area contributed by atoms with Gasteiger partial charge in [0.1, 0.15) is 0 Å². The van der Waals surface area contributed by atoms with Crippen LogP contribution < -0.4 is 4.72 Å². The van der Waals surface area contributed by atoms with Gasteiger partial charge in [0.2, 0.25) is 10.0 Å². The highest BCUT2D eigenvalue weighted by Gasteiger charge is 2.28. The number of rotatable bonds is 7. The van der Waals surface area contributed by atoms with Crippen LogP contribution in [0.5, 0.6) is 0 Å². The summed E-state index contributed by atoms with van der Waals surface area (Å²) in [6.45, 7) is 1.18. The molecule has 8 nitrogen and oxygen atoms in total. The molecule has 3 rings (SSSR count). The summed E-state index contributed by atoms with van der Waals surface area (Å²) in [6.07, 6.45) is 1.34. The van der Waals surface area contributed by atoms with Gasteiger partial charge in [-0.25, -0.2) is 13.1 Å². The van der Waals surface area contributed by atoms with E-state index in [1.54, 1.807) is 6.07 Å². The largest absolute Gasteiger partial charge is 0.481 e. The number of benzene rings is 1. The highest BCUT2D eigenvalue weighted by atomic mass is 32.2. The lowest BCUT2D eigenvalue weighted by molar-refractivity contribution is -0.141. The van der Waals surface area contributed by atoms with E-state index in [0.717, 1.165) is 12.8 Å². The normalized spacial score (nSPS) is 20.8. The van der Waals surface area contributed by atoms with Crippen molar-refractivity contribution in [3.8, 4) is 0 Å². The summed E-state index contributed by atoms with van der Waals surface area (Å²) in [5.74, 6) is -0.906. The number of nitrogens with zero attached hydrogens (tertiary/aromatic N) is 1. The second-order valence-electron chi connectivity index (χ2n) is 6.66. The van der Waals surface area contributed by atoms with Crippen molar-refractivity contribution in [2.45, 2.75) is 30.3 Å². The topological polar surface area (TPSA) is 113 Å². The Morgan fingerprint density at radius 3 is 2.77 bits per heavy atom. The van der Waals surface area contributed by atoms with Crippen LogP contribution >= 0.6 is 0 Å². The van der Waals surface area contributed by atoms with Crippen molar-refractivity contribution in [3.63, 3.8) is 0 Å². The number of carbonyl (C=O) groups excluding carboxylic acids is 1. The number of aliphatic carboxylic acids is 1. The molecule has 1 aromatic rings. The first-order valence-corrected chi connectivity index (χ1v) is 10.1. The second kappa shape index (κ2) is 7.73. The van der Waals surface area contributed by atoms with E-state index in [1.807, 2.05) is 0 Å². The Labute approximate surface area is 152 Å². The number of hydrogen-bond acceptors (Lipinski definition) is 5. The Hall–Kier alpha value is -1.97. The second-order valence-corrected chi connectivity index (χ2v) is 8.43. The van der Waals surface area contributed by atoms with Crippen molar-refractivity contribution in [3.05, 3.63) is 29.8 Å². The molecule has 0 radical (unpaired) electrons. The first-order chi connectivity index (χ1) is 12.3. The maximum Gasteiger partial charge on any atom is 0.306 e. The predicted molar refractivity (Wildman–Crippen MR) is 92.3 cm³/mol.